The minimum atomic E-state index is -2.58. The number of hydrogen-bond donors (Lipinski definition) is 1. The molecule has 1 heterocycles. The maximum atomic E-state index is 13.2. The molecule has 30 heavy (non-hydrogen) atoms. The monoisotopic (exact) mass is 413 g/mol. The van der Waals surface area contributed by atoms with Crippen molar-refractivity contribution in [3.05, 3.63) is 58.9 Å². The number of pyridine rings is 1. The lowest BCUT2D eigenvalue weighted by Gasteiger charge is -2.26. The van der Waals surface area contributed by atoms with Gasteiger partial charge in [0, 0.05) is 6.20 Å². The van der Waals surface area contributed by atoms with E-state index in [9.17, 15) is 24.3 Å². The maximum absolute atomic E-state index is 13.2. The predicted molar refractivity (Wildman–Crippen MR) is 102 cm³/mol. The molecule has 1 aromatic heterocycles. The maximum Gasteiger partial charge on any atom is 0.513 e. The number of nitrogens with zero attached hydrogens (tertiary/aromatic N) is 1. The molecular weight excluding hydrogens is 394 g/mol. The Morgan fingerprint density at radius 3 is 2.50 bits per heavy atom. The van der Waals surface area contributed by atoms with Crippen LogP contribution in [0, 0.1) is 0 Å². The minimum absolute atomic E-state index is 0.00813. The van der Waals surface area contributed by atoms with Gasteiger partial charge in [0.1, 0.15) is 11.4 Å². The summed E-state index contributed by atoms with van der Waals surface area (Å²) in [5, 5.41) is 9.34. The number of hydrogen-bond acceptors (Lipinski definition) is 8. The molecule has 3 rings (SSSR count). The van der Waals surface area contributed by atoms with Gasteiger partial charge in [-0.15, -0.1) is 0 Å². The van der Waals surface area contributed by atoms with Gasteiger partial charge in [0.2, 0.25) is 11.6 Å². The van der Waals surface area contributed by atoms with Crippen LogP contribution in [0.15, 0.2) is 36.5 Å². The Morgan fingerprint density at radius 2 is 1.90 bits per heavy atom. The molecule has 9 nitrogen and oxygen atoms in total. The molecule has 156 valence electrons. The average molecular weight is 413 g/mol. The summed E-state index contributed by atoms with van der Waals surface area (Å²) in [5.74, 6) is -2.08. The third-order valence-electron chi connectivity index (χ3n) is 4.65. The van der Waals surface area contributed by atoms with Gasteiger partial charge >= 0.3 is 12.3 Å². The third-order valence-corrected chi connectivity index (χ3v) is 4.65. The Hall–Kier alpha value is -3.75. The van der Waals surface area contributed by atoms with E-state index < -0.39 is 29.5 Å². The van der Waals surface area contributed by atoms with Crippen LogP contribution >= 0.6 is 0 Å². The number of ketones is 2. The minimum Gasteiger partial charge on any atom is -0.450 e. The number of carbonyl (C=O) groups is 4. The molecule has 0 aliphatic heterocycles. The number of aromatic nitrogens is 1. The van der Waals surface area contributed by atoms with E-state index in [-0.39, 0.29) is 35.1 Å². The number of carboxylic acid groups (broad SMARTS) is 1. The topological polar surface area (TPSA) is 129 Å². The molecule has 0 fully saturated rings. The summed E-state index contributed by atoms with van der Waals surface area (Å²) in [4.78, 5) is 53.8. The predicted octanol–water partition coefficient (Wildman–Crippen LogP) is 3.71. The van der Waals surface area contributed by atoms with Crippen LogP contribution in [-0.4, -0.2) is 40.6 Å². The lowest BCUT2D eigenvalue weighted by atomic mass is 9.86. The summed E-state index contributed by atoms with van der Waals surface area (Å²) >= 11 is 0. The number of rotatable bonds is 5. The van der Waals surface area contributed by atoms with Gasteiger partial charge < -0.3 is 19.3 Å². The Morgan fingerprint density at radius 1 is 1.17 bits per heavy atom. The number of ether oxygens (including phenoxy) is 3. The highest BCUT2D eigenvalue weighted by atomic mass is 16.7. The van der Waals surface area contributed by atoms with Crippen molar-refractivity contribution in [1.29, 1.82) is 0 Å². The molecule has 1 aromatic carbocycles. The van der Waals surface area contributed by atoms with E-state index in [2.05, 4.69) is 4.98 Å². The van der Waals surface area contributed by atoms with Crippen LogP contribution in [-0.2, 0) is 15.1 Å². The van der Waals surface area contributed by atoms with Crippen LogP contribution in [0.1, 0.15) is 58.7 Å². The zero-order chi connectivity index (χ0) is 22.1. The number of carbonyl (C=O) groups excluding carboxylic acids is 3. The Labute approximate surface area is 171 Å². The summed E-state index contributed by atoms with van der Waals surface area (Å²) in [6.07, 6.45) is -1.61. The molecule has 0 bridgehead atoms. The van der Waals surface area contributed by atoms with Crippen molar-refractivity contribution in [3.63, 3.8) is 0 Å². The summed E-state index contributed by atoms with van der Waals surface area (Å²) in [6, 6.07) is 7.18. The lowest BCUT2D eigenvalue weighted by molar-refractivity contribution is -0.00126. The van der Waals surface area contributed by atoms with E-state index in [1.54, 1.807) is 13.0 Å². The van der Waals surface area contributed by atoms with Crippen molar-refractivity contribution in [3.8, 4) is 5.75 Å². The van der Waals surface area contributed by atoms with E-state index >= 15 is 0 Å². The van der Waals surface area contributed by atoms with E-state index in [1.807, 2.05) is 13.8 Å². The van der Waals surface area contributed by atoms with Crippen molar-refractivity contribution in [2.45, 2.75) is 32.3 Å². The molecule has 1 aliphatic rings. The van der Waals surface area contributed by atoms with Gasteiger partial charge in [0.05, 0.1) is 17.7 Å². The molecule has 9 heteroatoms. The van der Waals surface area contributed by atoms with Crippen molar-refractivity contribution in [2.24, 2.45) is 0 Å². The number of benzene rings is 1. The highest BCUT2D eigenvalue weighted by Crippen LogP contribution is 2.44. The third kappa shape index (κ3) is 3.38. The highest BCUT2D eigenvalue weighted by molar-refractivity contribution is 6.32. The second-order valence-electron chi connectivity index (χ2n) is 6.80. The smallest absolute Gasteiger partial charge is 0.450 e. The summed E-state index contributed by atoms with van der Waals surface area (Å²) in [7, 11) is 0. The molecule has 1 atom stereocenters. The van der Waals surface area contributed by atoms with E-state index in [1.165, 1.54) is 30.5 Å². The SMILES string of the molecule is CCOC(=O)Oc1cc(C(C)C)ccc1C1(OC(=O)O)C(=O)c2cccnc2C1=O. The molecule has 1 N–H and O–H groups in total. The highest BCUT2D eigenvalue weighted by Gasteiger charge is 2.60. The number of fused-ring (bicyclic) bond motifs is 1. The van der Waals surface area contributed by atoms with Crippen molar-refractivity contribution in [2.75, 3.05) is 6.61 Å². The van der Waals surface area contributed by atoms with Crippen LogP contribution in [0.4, 0.5) is 9.59 Å². The molecule has 1 aliphatic carbocycles. The van der Waals surface area contributed by atoms with Gasteiger partial charge in [-0.05, 0) is 42.7 Å². The molecule has 1 unspecified atom stereocenters. The van der Waals surface area contributed by atoms with Gasteiger partial charge in [-0.2, -0.15) is 0 Å². The van der Waals surface area contributed by atoms with E-state index in [0.717, 1.165) is 5.56 Å². The largest absolute Gasteiger partial charge is 0.513 e. The van der Waals surface area contributed by atoms with Crippen LogP contribution in [0.2, 0.25) is 0 Å². The first-order valence-electron chi connectivity index (χ1n) is 9.18. The van der Waals surface area contributed by atoms with Gasteiger partial charge in [-0.3, -0.25) is 14.6 Å². The van der Waals surface area contributed by atoms with Crippen LogP contribution in [0.3, 0.4) is 0 Å². The molecule has 0 radical (unpaired) electrons. The fourth-order valence-electron chi connectivity index (χ4n) is 3.26. The number of Topliss-reactive ketones (excluding diaryl/α,β-unsaturated/α-hetero) is 2. The molecule has 0 saturated heterocycles. The second-order valence-corrected chi connectivity index (χ2v) is 6.80. The van der Waals surface area contributed by atoms with E-state index in [0.29, 0.717) is 0 Å². The first kappa shape index (κ1) is 21.0. The molecule has 0 saturated carbocycles. The fraction of sp³-hybridized carbons (Fsp3) is 0.286. The van der Waals surface area contributed by atoms with E-state index in [4.69, 9.17) is 14.2 Å². The van der Waals surface area contributed by atoms with Crippen molar-refractivity contribution < 1.29 is 38.5 Å². The zero-order valence-corrected chi connectivity index (χ0v) is 16.5. The summed E-state index contributed by atoms with van der Waals surface area (Å²) in [5.41, 5.74) is -2.40. The normalized spacial score (nSPS) is 17.6. The second kappa shape index (κ2) is 7.94. The first-order valence-corrected chi connectivity index (χ1v) is 9.18. The summed E-state index contributed by atoms with van der Waals surface area (Å²) in [6.45, 7) is 5.38. The van der Waals surface area contributed by atoms with Crippen LogP contribution < -0.4 is 4.74 Å². The molecule has 0 amide bonds. The Bertz CT molecular complexity index is 1010. The molecular formula is C21H19NO8. The summed E-state index contributed by atoms with van der Waals surface area (Å²) < 4.78 is 14.9. The molecule has 2 aromatic rings. The molecule has 0 spiro atoms. The Balaban J connectivity index is 2.25. The quantitative estimate of drug-likeness (QED) is 0.443. The van der Waals surface area contributed by atoms with Crippen molar-refractivity contribution in [1.82, 2.24) is 4.98 Å². The zero-order valence-electron chi connectivity index (χ0n) is 16.5. The average Bonchev–Trinajstić information content (AvgIpc) is 2.90. The standard InChI is InChI=1S/C21H19NO8/c1-4-28-20(27)29-15-10-12(11(2)3)7-8-14(15)21(30-19(25)26)17(23)13-6-5-9-22-16(13)18(21)24/h5-11H,4H2,1-3H3,(H,25,26). The Kier molecular flexibility index (Phi) is 5.55. The fourth-order valence-corrected chi connectivity index (χ4v) is 3.26. The van der Waals surface area contributed by atoms with Gasteiger partial charge in [-0.1, -0.05) is 19.9 Å². The van der Waals surface area contributed by atoms with Gasteiger partial charge in [0.25, 0.3) is 5.60 Å². The first-order chi connectivity index (χ1) is 14.2. The van der Waals surface area contributed by atoms with Crippen molar-refractivity contribution >= 4 is 23.9 Å². The van der Waals surface area contributed by atoms with Gasteiger partial charge in [0.15, 0.2) is 0 Å². The van der Waals surface area contributed by atoms with Crippen LogP contribution in [0.25, 0.3) is 0 Å². The lowest BCUT2D eigenvalue weighted by Crippen LogP contribution is -2.43. The van der Waals surface area contributed by atoms with Crippen LogP contribution in [0.5, 0.6) is 5.75 Å². The van der Waals surface area contributed by atoms with Gasteiger partial charge in [-0.25, -0.2) is 9.59 Å².